The van der Waals surface area contributed by atoms with Gasteiger partial charge in [0.05, 0.1) is 6.10 Å². The maximum absolute atomic E-state index is 16.7. The number of fused-ring (bicyclic) bond motifs is 5. The molecule has 4 rings (SSSR count). The van der Waals surface area contributed by atoms with Crippen LogP contribution in [0.5, 0.6) is 0 Å². The zero-order valence-electron chi connectivity index (χ0n) is 15.9. The highest BCUT2D eigenvalue weighted by Gasteiger charge is 2.74. The van der Waals surface area contributed by atoms with Crippen molar-refractivity contribution in [2.24, 2.45) is 22.7 Å². The van der Waals surface area contributed by atoms with E-state index >= 15 is 4.39 Å². The summed E-state index contributed by atoms with van der Waals surface area (Å²) >= 11 is 0. The van der Waals surface area contributed by atoms with Crippen molar-refractivity contribution >= 4 is 17.5 Å². The van der Waals surface area contributed by atoms with Crippen LogP contribution in [-0.2, 0) is 14.4 Å². The minimum absolute atomic E-state index is 0.0632. The van der Waals surface area contributed by atoms with Crippen LogP contribution in [0.15, 0.2) is 23.8 Å². The molecule has 3 saturated carbocycles. The van der Waals surface area contributed by atoms with E-state index in [1.54, 1.807) is 13.8 Å². The highest BCUT2D eigenvalue weighted by Crippen LogP contribution is 2.69. The molecule has 4 aliphatic carbocycles. The van der Waals surface area contributed by atoms with Gasteiger partial charge in [0.25, 0.3) is 5.78 Å². The maximum Gasteiger partial charge on any atom is 0.375 e. The Morgan fingerprint density at radius 3 is 2.54 bits per heavy atom. The van der Waals surface area contributed by atoms with Crippen LogP contribution in [0.1, 0.15) is 46.0 Å². The molecule has 0 aromatic heterocycles. The second-order valence-corrected chi connectivity index (χ2v) is 9.30. The SMILES string of the molecule is C[C@]12C=CC(=O)C=C1CC[C@H]1[C@@H]3CC[C@](O)(C(=O)C(=O)O)[C@@]3(C)CC(O)[C@@]12F. The van der Waals surface area contributed by atoms with E-state index in [2.05, 4.69) is 0 Å². The molecule has 0 radical (unpaired) electrons. The van der Waals surface area contributed by atoms with Gasteiger partial charge in [-0.05, 0) is 57.1 Å². The molecule has 3 N–H and O–H groups in total. The summed E-state index contributed by atoms with van der Waals surface area (Å²) in [5, 5.41) is 31.3. The van der Waals surface area contributed by atoms with E-state index in [0.717, 1.165) is 0 Å². The van der Waals surface area contributed by atoms with Gasteiger partial charge in [-0.25, -0.2) is 9.18 Å². The number of aliphatic hydroxyl groups is 2. The minimum atomic E-state index is -2.12. The molecule has 0 bridgehead atoms. The summed E-state index contributed by atoms with van der Waals surface area (Å²) < 4.78 is 16.7. The number of carboxylic acid groups (broad SMARTS) is 1. The van der Waals surface area contributed by atoms with E-state index in [1.165, 1.54) is 18.2 Å². The largest absolute Gasteiger partial charge is 0.475 e. The topological polar surface area (TPSA) is 112 Å². The number of carbonyl (C=O) groups is 3. The summed E-state index contributed by atoms with van der Waals surface area (Å²) in [6, 6.07) is 0. The number of hydrogen-bond donors (Lipinski definition) is 3. The van der Waals surface area contributed by atoms with Gasteiger partial charge in [-0.15, -0.1) is 0 Å². The minimum Gasteiger partial charge on any atom is -0.475 e. The first-order valence-electron chi connectivity index (χ1n) is 9.73. The van der Waals surface area contributed by atoms with Gasteiger partial charge < -0.3 is 15.3 Å². The van der Waals surface area contributed by atoms with Gasteiger partial charge in [0.15, 0.2) is 11.5 Å². The van der Waals surface area contributed by atoms with E-state index in [-0.39, 0.29) is 18.6 Å². The molecule has 0 aliphatic heterocycles. The Kier molecular flexibility index (Phi) is 3.89. The molecule has 7 atom stereocenters. The fraction of sp³-hybridized carbons (Fsp3) is 0.667. The summed E-state index contributed by atoms with van der Waals surface area (Å²) in [4.78, 5) is 35.4. The predicted molar refractivity (Wildman–Crippen MR) is 95.9 cm³/mol. The van der Waals surface area contributed by atoms with Crippen LogP contribution in [0, 0.1) is 22.7 Å². The van der Waals surface area contributed by atoms with Gasteiger partial charge in [-0.1, -0.05) is 18.6 Å². The highest BCUT2D eigenvalue weighted by molar-refractivity contribution is 6.36. The van der Waals surface area contributed by atoms with Crippen LogP contribution < -0.4 is 0 Å². The molecule has 0 amide bonds. The lowest BCUT2D eigenvalue weighted by Gasteiger charge is -2.62. The molecule has 0 aromatic rings. The maximum atomic E-state index is 16.7. The molecular formula is C21H25FO6. The number of aliphatic hydroxyl groups excluding tert-OH is 1. The third-order valence-corrected chi connectivity index (χ3v) is 8.36. The molecule has 0 spiro atoms. The lowest BCUT2D eigenvalue weighted by atomic mass is 9.44. The number of carboxylic acids is 1. The number of halogens is 1. The number of Topliss-reactive ketones (excluding diaryl/α,β-unsaturated/α-hetero) is 1. The summed E-state index contributed by atoms with van der Waals surface area (Å²) in [7, 11) is 0. The van der Waals surface area contributed by atoms with Crippen molar-refractivity contribution in [2.75, 3.05) is 0 Å². The summed E-state index contributed by atoms with van der Waals surface area (Å²) in [6.45, 7) is 3.28. The number of carbonyl (C=O) groups excluding carboxylic acids is 2. The first kappa shape index (κ1) is 19.5. The van der Waals surface area contributed by atoms with Crippen molar-refractivity contribution in [1.82, 2.24) is 0 Å². The smallest absolute Gasteiger partial charge is 0.375 e. The first-order chi connectivity index (χ1) is 12.9. The molecule has 7 heteroatoms. The summed E-state index contributed by atoms with van der Waals surface area (Å²) in [6.07, 6.45) is 3.68. The molecule has 0 saturated heterocycles. The number of ketones is 2. The van der Waals surface area contributed by atoms with Gasteiger partial charge >= 0.3 is 5.97 Å². The van der Waals surface area contributed by atoms with Crippen molar-refractivity contribution in [3.05, 3.63) is 23.8 Å². The molecular weight excluding hydrogens is 367 g/mol. The van der Waals surface area contributed by atoms with Crippen LogP contribution in [0.4, 0.5) is 4.39 Å². The highest BCUT2D eigenvalue weighted by atomic mass is 19.1. The molecule has 28 heavy (non-hydrogen) atoms. The van der Waals surface area contributed by atoms with E-state index in [1.807, 2.05) is 0 Å². The molecule has 152 valence electrons. The molecule has 1 unspecified atom stereocenters. The molecule has 3 fully saturated rings. The van der Waals surface area contributed by atoms with Crippen molar-refractivity contribution in [3.8, 4) is 0 Å². The molecule has 0 aromatic carbocycles. The Morgan fingerprint density at radius 2 is 1.89 bits per heavy atom. The Hall–Kier alpha value is -1.86. The number of rotatable bonds is 2. The van der Waals surface area contributed by atoms with Crippen molar-refractivity contribution in [1.29, 1.82) is 0 Å². The van der Waals surface area contributed by atoms with E-state index in [9.17, 15) is 29.7 Å². The van der Waals surface area contributed by atoms with Gasteiger partial charge in [0.1, 0.15) is 5.60 Å². The standard InChI is InChI=1S/C21H25FO6/c1-18-7-5-12(23)9-11(18)3-4-14-13-6-8-20(28,16(25)17(26)27)19(13,2)10-15(24)21(14,18)22/h5,7,9,13-15,24,28H,3-4,6,8,10H2,1-2H3,(H,26,27)/t13-,14-,15?,18-,19-,20-,21-/m0/s1. The van der Waals surface area contributed by atoms with Crippen LogP contribution in [0.2, 0.25) is 0 Å². The van der Waals surface area contributed by atoms with E-state index < -0.39 is 51.8 Å². The van der Waals surface area contributed by atoms with Crippen molar-refractivity contribution in [3.63, 3.8) is 0 Å². The first-order valence-corrected chi connectivity index (χ1v) is 9.73. The van der Waals surface area contributed by atoms with E-state index in [4.69, 9.17) is 0 Å². The van der Waals surface area contributed by atoms with Crippen LogP contribution >= 0.6 is 0 Å². The van der Waals surface area contributed by atoms with Gasteiger partial charge in [-0.3, -0.25) is 9.59 Å². The average Bonchev–Trinajstić information content (AvgIpc) is 2.88. The van der Waals surface area contributed by atoms with Gasteiger partial charge in [0, 0.05) is 16.7 Å². The van der Waals surface area contributed by atoms with Crippen LogP contribution in [0.25, 0.3) is 0 Å². The fourth-order valence-corrected chi connectivity index (χ4v) is 6.77. The van der Waals surface area contributed by atoms with Crippen LogP contribution in [-0.4, -0.2) is 50.2 Å². The normalized spacial score (nSPS) is 49.7. The second-order valence-electron chi connectivity index (χ2n) is 9.30. The van der Waals surface area contributed by atoms with Crippen molar-refractivity contribution in [2.45, 2.75) is 63.3 Å². The number of alkyl halides is 1. The zero-order valence-corrected chi connectivity index (χ0v) is 15.9. The summed E-state index contributed by atoms with van der Waals surface area (Å²) in [5.74, 6) is -4.31. The Balaban J connectivity index is 1.81. The predicted octanol–water partition coefficient (Wildman–Crippen LogP) is 1.74. The number of allylic oxidation sites excluding steroid dienone is 4. The van der Waals surface area contributed by atoms with Crippen LogP contribution in [0.3, 0.4) is 0 Å². The van der Waals surface area contributed by atoms with Crippen molar-refractivity contribution < 1.29 is 34.1 Å². The van der Waals surface area contributed by atoms with E-state index in [0.29, 0.717) is 24.8 Å². The summed E-state index contributed by atoms with van der Waals surface area (Å²) in [5.41, 5.74) is -5.91. The third-order valence-electron chi connectivity index (χ3n) is 8.36. The quantitative estimate of drug-likeness (QED) is 0.617. The number of aliphatic carboxylic acids is 1. The lowest BCUT2D eigenvalue weighted by Crippen LogP contribution is -2.69. The van der Waals surface area contributed by atoms with Gasteiger partial charge in [-0.2, -0.15) is 0 Å². The lowest BCUT2D eigenvalue weighted by molar-refractivity contribution is -0.217. The molecule has 6 nitrogen and oxygen atoms in total. The Labute approximate surface area is 162 Å². The molecule has 4 aliphatic rings. The fourth-order valence-electron chi connectivity index (χ4n) is 6.77. The second kappa shape index (κ2) is 5.60. The monoisotopic (exact) mass is 392 g/mol. The number of hydrogen-bond acceptors (Lipinski definition) is 5. The third kappa shape index (κ3) is 2.01. The molecule has 0 heterocycles. The Bertz CT molecular complexity index is 848. The van der Waals surface area contributed by atoms with Gasteiger partial charge in [0.2, 0.25) is 0 Å². The average molecular weight is 392 g/mol. The Morgan fingerprint density at radius 1 is 1.21 bits per heavy atom. The zero-order chi connectivity index (χ0) is 20.7.